The van der Waals surface area contributed by atoms with Crippen LogP contribution in [0.15, 0.2) is 0 Å². The lowest BCUT2D eigenvalue weighted by molar-refractivity contribution is -0.135. The molecule has 0 bridgehead atoms. The van der Waals surface area contributed by atoms with E-state index in [4.69, 9.17) is 16.2 Å². The largest absolute Gasteiger partial charge is 0.380 e. The van der Waals surface area contributed by atoms with Crippen molar-refractivity contribution in [1.29, 1.82) is 0 Å². The molecule has 0 aromatic carbocycles. The molecule has 19 heavy (non-hydrogen) atoms. The molecule has 110 valence electrons. The van der Waals surface area contributed by atoms with E-state index in [0.717, 1.165) is 19.4 Å². The van der Waals surface area contributed by atoms with Gasteiger partial charge in [-0.05, 0) is 18.8 Å². The molecule has 1 heterocycles. The van der Waals surface area contributed by atoms with Gasteiger partial charge in [0.05, 0.1) is 12.5 Å². The van der Waals surface area contributed by atoms with Gasteiger partial charge in [-0.2, -0.15) is 0 Å². The summed E-state index contributed by atoms with van der Waals surface area (Å²) in [7, 11) is 1.56. The van der Waals surface area contributed by atoms with Crippen LogP contribution in [0.4, 0.5) is 4.79 Å². The molecule has 7 heteroatoms. The van der Waals surface area contributed by atoms with Crippen molar-refractivity contribution in [2.75, 3.05) is 33.3 Å². The number of urea groups is 1. The minimum absolute atomic E-state index is 0.0566. The first-order valence-electron chi connectivity index (χ1n) is 6.60. The van der Waals surface area contributed by atoms with E-state index in [1.165, 1.54) is 0 Å². The number of hydrogen-bond acceptors (Lipinski definition) is 4. The van der Waals surface area contributed by atoms with Gasteiger partial charge in [-0.25, -0.2) is 4.79 Å². The number of hydrogen-bond donors (Lipinski definition) is 3. The molecule has 5 N–H and O–H groups in total. The second-order valence-electron chi connectivity index (χ2n) is 4.89. The van der Waals surface area contributed by atoms with E-state index >= 15 is 0 Å². The number of piperidine rings is 1. The zero-order valence-electron chi connectivity index (χ0n) is 11.4. The predicted molar refractivity (Wildman–Crippen MR) is 71.4 cm³/mol. The van der Waals surface area contributed by atoms with Crippen molar-refractivity contribution in [3.05, 3.63) is 0 Å². The van der Waals surface area contributed by atoms with Crippen LogP contribution in [0.1, 0.15) is 19.3 Å². The number of amides is 3. The number of nitrogens with two attached hydrogens (primary N) is 2. The van der Waals surface area contributed by atoms with E-state index in [2.05, 4.69) is 5.32 Å². The van der Waals surface area contributed by atoms with Crippen LogP contribution in [0.2, 0.25) is 0 Å². The summed E-state index contributed by atoms with van der Waals surface area (Å²) < 4.78 is 5.12. The number of carbonyl (C=O) groups is 2. The number of nitrogens with zero attached hydrogens (tertiary/aromatic N) is 1. The van der Waals surface area contributed by atoms with Crippen LogP contribution in [-0.2, 0) is 9.53 Å². The van der Waals surface area contributed by atoms with Gasteiger partial charge in [0.25, 0.3) is 0 Å². The Hall–Kier alpha value is -1.34. The highest BCUT2D eigenvalue weighted by molar-refractivity contribution is 5.77. The van der Waals surface area contributed by atoms with E-state index in [1.54, 1.807) is 7.11 Å². The van der Waals surface area contributed by atoms with Crippen LogP contribution in [0, 0.1) is 5.92 Å². The number of methoxy groups -OCH3 is 1. The van der Waals surface area contributed by atoms with E-state index in [1.807, 2.05) is 4.90 Å². The summed E-state index contributed by atoms with van der Waals surface area (Å²) in [6, 6.07) is -0.522. The number of primary amides is 1. The lowest BCUT2D eigenvalue weighted by atomic mass is 9.97. The highest BCUT2D eigenvalue weighted by Crippen LogP contribution is 2.17. The molecule has 0 aliphatic carbocycles. The molecule has 7 nitrogen and oxygen atoms in total. The molecular weight excluding hydrogens is 248 g/mol. The maximum absolute atomic E-state index is 12.1. The molecule has 2 atom stereocenters. The van der Waals surface area contributed by atoms with E-state index in [9.17, 15) is 9.59 Å². The summed E-state index contributed by atoms with van der Waals surface area (Å²) in [6.07, 6.45) is 2.02. The number of nitrogens with one attached hydrogen (secondary N) is 1. The van der Waals surface area contributed by atoms with Gasteiger partial charge in [0.1, 0.15) is 0 Å². The van der Waals surface area contributed by atoms with Crippen LogP contribution in [-0.4, -0.2) is 56.2 Å². The summed E-state index contributed by atoms with van der Waals surface area (Å²) in [4.78, 5) is 24.6. The Morgan fingerprint density at radius 3 is 2.84 bits per heavy atom. The van der Waals surface area contributed by atoms with Crippen LogP contribution in [0.5, 0.6) is 0 Å². The molecule has 1 aliphatic rings. The summed E-state index contributed by atoms with van der Waals surface area (Å²) in [5.41, 5.74) is 10.6. The van der Waals surface area contributed by atoms with E-state index in [-0.39, 0.29) is 17.9 Å². The molecular formula is C12H24N4O3. The van der Waals surface area contributed by atoms with Gasteiger partial charge < -0.3 is 26.4 Å². The smallest absolute Gasteiger partial charge is 0.312 e. The molecule has 0 aromatic heterocycles. The summed E-state index contributed by atoms with van der Waals surface area (Å²) >= 11 is 0. The van der Waals surface area contributed by atoms with Gasteiger partial charge in [-0.15, -0.1) is 0 Å². The molecule has 0 radical (unpaired) electrons. The minimum Gasteiger partial charge on any atom is -0.380 e. The van der Waals surface area contributed by atoms with Gasteiger partial charge in [-0.1, -0.05) is 0 Å². The molecule has 0 saturated carbocycles. The number of likely N-dealkylation sites (tertiary alicyclic amines) is 1. The third kappa shape index (κ3) is 5.44. The fraction of sp³-hybridized carbons (Fsp3) is 0.833. The van der Waals surface area contributed by atoms with Crippen LogP contribution >= 0.6 is 0 Å². The average molecular weight is 272 g/mol. The highest BCUT2D eigenvalue weighted by atomic mass is 16.5. The van der Waals surface area contributed by atoms with Crippen molar-refractivity contribution < 1.29 is 14.3 Å². The Morgan fingerprint density at radius 1 is 1.53 bits per heavy atom. The first kappa shape index (κ1) is 15.7. The number of rotatable bonds is 6. The molecule has 1 fully saturated rings. The van der Waals surface area contributed by atoms with Gasteiger partial charge in [0, 0.05) is 33.3 Å². The van der Waals surface area contributed by atoms with E-state index in [0.29, 0.717) is 26.1 Å². The van der Waals surface area contributed by atoms with Crippen LogP contribution in [0.3, 0.4) is 0 Å². The Bertz CT molecular complexity index is 307. The molecule has 2 unspecified atom stereocenters. The fourth-order valence-corrected chi connectivity index (χ4v) is 2.29. The van der Waals surface area contributed by atoms with Gasteiger partial charge in [0.2, 0.25) is 5.91 Å². The SMILES string of the molecule is COC(CN)CC(=O)N1CCCC(CNC(N)=O)C1. The molecule has 1 rings (SSSR count). The summed E-state index contributed by atoms with van der Waals surface area (Å²) in [5.74, 6) is 0.324. The second-order valence-corrected chi connectivity index (χ2v) is 4.89. The van der Waals surface area contributed by atoms with Crippen molar-refractivity contribution in [2.45, 2.75) is 25.4 Å². The summed E-state index contributed by atoms with van der Waals surface area (Å²) in [6.45, 7) is 2.26. The predicted octanol–water partition coefficient (Wildman–Crippen LogP) is -0.743. The third-order valence-corrected chi connectivity index (χ3v) is 3.44. The highest BCUT2D eigenvalue weighted by Gasteiger charge is 2.25. The van der Waals surface area contributed by atoms with Crippen molar-refractivity contribution in [3.63, 3.8) is 0 Å². The number of carbonyl (C=O) groups excluding carboxylic acids is 2. The van der Waals surface area contributed by atoms with Crippen molar-refractivity contribution in [3.8, 4) is 0 Å². The van der Waals surface area contributed by atoms with Crippen LogP contribution < -0.4 is 16.8 Å². The molecule has 3 amide bonds. The number of ether oxygens (including phenoxy) is 1. The third-order valence-electron chi connectivity index (χ3n) is 3.44. The quantitative estimate of drug-likeness (QED) is 0.591. The Morgan fingerprint density at radius 2 is 2.26 bits per heavy atom. The lowest BCUT2D eigenvalue weighted by Gasteiger charge is -2.33. The molecule has 1 aliphatic heterocycles. The molecule has 0 aromatic rings. The van der Waals surface area contributed by atoms with Crippen molar-refractivity contribution in [2.24, 2.45) is 17.4 Å². The first-order valence-corrected chi connectivity index (χ1v) is 6.60. The van der Waals surface area contributed by atoms with Gasteiger partial charge in [-0.3, -0.25) is 4.79 Å². The Kier molecular flexibility index (Phi) is 6.58. The molecule has 0 spiro atoms. The van der Waals surface area contributed by atoms with Crippen molar-refractivity contribution in [1.82, 2.24) is 10.2 Å². The van der Waals surface area contributed by atoms with Gasteiger partial charge >= 0.3 is 6.03 Å². The zero-order chi connectivity index (χ0) is 14.3. The topological polar surface area (TPSA) is 111 Å². The fourth-order valence-electron chi connectivity index (χ4n) is 2.29. The monoisotopic (exact) mass is 272 g/mol. The Balaban J connectivity index is 2.40. The second kappa shape index (κ2) is 7.96. The van der Waals surface area contributed by atoms with Gasteiger partial charge in [0.15, 0.2) is 0 Å². The first-order chi connectivity index (χ1) is 9.06. The average Bonchev–Trinajstić information content (AvgIpc) is 2.42. The normalized spacial score (nSPS) is 20.9. The summed E-state index contributed by atoms with van der Waals surface area (Å²) in [5, 5.41) is 2.59. The minimum atomic E-state index is -0.522. The standard InChI is InChI=1S/C12H24N4O3/c1-19-10(6-13)5-11(17)16-4-2-3-9(8-16)7-15-12(14)18/h9-10H,2-8,13H2,1H3,(H3,14,15,18). The lowest BCUT2D eigenvalue weighted by Crippen LogP contribution is -2.45. The van der Waals surface area contributed by atoms with Crippen LogP contribution in [0.25, 0.3) is 0 Å². The van der Waals surface area contributed by atoms with E-state index < -0.39 is 6.03 Å². The Labute approximate surface area is 113 Å². The zero-order valence-corrected chi connectivity index (χ0v) is 11.4. The maximum atomic E-state index is 12.1. The van der Waals surface area contributed by atoms with Crippen molar-refractivity contribution >= 4 is 11.9 Å². The maximum Gasteiger partial charge on any atom is 0.312 e. The molecule has 1 saturated heterocycles.